The van der Waals surface area contributed by atoms with Crippen LogP contribution in [0.4, 0.5) is 4.79 Å². The van der Waals surface area contributed by atoms with Crippen LogP contribution in [-0.2, 0) is 11.2 Å². The highest BCUT2D eigenvalue weighted by Crippen LogP contribution is 2.36. The quantitative estimate of drug-likeness (QED) is 0.462. The zero-order chi connectivity index (χ0) is 18.1. The molecule has 0 aliphatic heterocycles. The van der Waals surface area contributed by atoms with Crippen molar-refractivity contribution in [2.45, 2.75) is 57.7 Å². The van der Waals surface area contributed by atoms with Gasteiger partial charge in [0.1, 0.15) is 10.6 Å². The first-order chi connectivity index (χ1) is 11.1. The third-order valence-electron chi connectivity index (χ3n) is 3.25. The van der Waals surface area contributed by atoms with Gasteiger partial charge >= 0.3 is 6.09 Å². The summed E-state index contributed by atoms with van der Waals surface area (Å²) in [4.78, 5) is 21.7. The number of nitrogens with one attached hydrogen (secondary N) is 1. The number of rotatable bonds is 4. The van der Waals surface area contributed by atoms with Gasteiger partial charge in [0.05, 0.1) is 10.2 Å². The Balaban J connectivity index is 2.18. The highest BCUT2D eigenvalue weighted by atomic mass is 35.5. The number of halogens is 1. The molecular weight excluding hydrogens is 366 g/mol. The molecule has 0 aliphatic carbocycles. The molecule has 0 radical (unpaired) electrons. The first-order valence-corrected chi connectivity index (χ1v) is 10.0. The monoisotopic (exact) mass is 387 g/mol. The van der Waals surface area contributed by atoms with E-state index in [1.165, 1.54) is 4.88 Å². The topological polar surface area (TPSA) is 64.1 Å². The van der Waals surface area contributed by atoms with E-state index in [0.717, 1.165) is 20.8 Å². The number of carbonyl (C=O) groups excluding carboxylic acids is 1. The molecule has 0 aliphatic rings. The first kappa shape index (κ1) is 19.3. The molecule has 0 fully saturated rings. The van der Waals surface area contributed by atoms with Gasteiger partial charge in [-0.15, -0.1) is 23.1 Å². The van der Waals surface area contributed by atoms with Crippen LogP contribution >= 0.6 is 34.7 Å². The maximum Gasteiger partial charge on any atom is 0.407 e. The van der Waals surface area contributed by atoms with Gasteiger partial charge in [0.15, 0.2) is 0 Å². The van der Waals surface area contributed by atoms with Crippen molar-refractivity contribution in [3.8, 4) is 0 Å². The van der Waals surface area contributed by atoms with Crippen molar-refractivity contribution < 1.29 is 9.53 Å². The number of aryl methyl sites for hydroxylation is 1. The van der Waals surface area contributed by atoms with Crippen LogP contribution in [0.25, 0.3) is 10.2 Å². The third-order valence-corrected chi connectivity index (χ3v) is 5.54. The molecule has 1 N–H and O–H groups in total. The predicted octanol–water partition coefficient (Wildman–Crippen LogP) is 4.83. The van der Waals surface area contributed by atoms with Gasteiger partial charge in [-0.25, -0.2) is 14.8 Å². The number of thiophene rings is 1. The van der Waals surface area contributed by atoms with Gasteiger partial charge in [-0.2, -0.15) is 0 Å². The van der Waals surface area contributed by atoms with E-state index in [2.05, 4.69) is 15.3 Å². The molecule has 0 bridgehead atoms. The lowest BCUT2D eigenvalue weighted by atomic mass is 10.1. The molecule has 5 nitrogen and oxygen atoms in total. The fraction of sp³-hybridized carbons (Fsp3) is 0.562. The molecular formula is C16H22ClN3O2S2. The van der Waals surface area contributed by atoms with E-state index in [0.29, 0.717) is 6.42 Å². The summed E-state index contributed by atoms with van der Waals surface area (Å²) >= 11 is 9.23. The Morgan fingerprint density at radius 3 is 2.67 bits per heavy atom. The molecule has 1 atom stereocenters. The lowest BCUT2D eigenvalue weighted by Gasteiger charge is -2.21. The third kappa shape index (κ3) is 4.74. The summed E-state index contributed by atoms with van der Waals surface area (Å²) in [5.74, 6) is 0. The highest BCUT2D eigenvalue weighted by Gasteiger charge is 2.20. The molecule has 2 rings (SSSR count). The van der Waals surface area contributed by atoms with E-state index in [1.807, 2.05) is 40.9 Å². The highest BCUT2D eigenvalue weighted by molar-refractivity contribution is 7.98. The number of alkyl carbamates (subject to hydrolysis) is 1. The number of nitrogens with zero attached hydrogens (tertiary/aromatic N) is 2. The molecule has 132 valence electrons. The maximum atomic E-state index is 11.9. The van der Waals surface area contributed by atoms with Crippen LogP contribution in [0.15, 0.2) is 5.03 Å². The number of carbonyl (C=O) groups is 1. The van der Waals surface area contributed by atoms with Gasteiger partial charge in [-0.05, 0) is 58.0 Å². The van der Waals surface area contributed by atoms with Gasteiger partial charge in [0.2, 0.25) is 5.28 Å². The van der Waals surface area contributed by atoms with Crippen molar-refractivity contribution in [1.29, 1.82) is 0 Å². The fourth-order valence-corrected chi connectivity index (χ4v) is 4.56. The molecule has 24 heavy (non-hydrogen) atoms. The molecule has 2 heterocycles. The lowest BCUT2D eigenvalue weighted by molar-refractivity contribution is 0.0508. The Kier molecular flexibility index (Phi) is 5.99. The minimum Gasteiger partial charge on any atom is -0.444 e. The van der Waals surface area contributed by atoms with Crippen molar-refractivity contribution in [3.05, 3.63) is 15.7 Å². The summed E-state index contributed by atoms with van der Waals surface area (Å²) in [5.41, 5.74) is 1.48. The lowest BCUT2D eigenvalue weighted by Crippen LogP contribution is -2.38. The van der Waals surface area contributed by atoms with E-state index in [4.69, 9.17) is 16.3 Å². The molecule has 0 spiro atoms. The Morgan fingerprint density at radius 2 is 2.08 bits per heavy atom. The summed E-state index contributed by atoms with van der Waals surface area (Å²) in [6.45, 7) is 9.53. The van der Waals surface area contributed by atoms with Crippen molar-refractivity contribution in [2.24, 2.45) is 0 Å². The van der Waals surface area contributed by atoms with E-state index in [9.17, 15) is 4.79 Å². The van der Waals surface area contributed by atoms with Gasteiger partial charge in [-0.3, -0.25) is 0 Å². The number of amides is 1. The molecule has 1 unspecified atom stereocenters. The van der Waals surface area contributed by atoms with Gasteiger partial charge in [-0.1, -0.05) is 0 Å². The summed E-state index contributed by atoms with van der Waals surface area (Å²) in [6.07, 6.45) is 2.28. The molecule has 0 saturated carbocycles. The van der Waals surface area contributed by atoms with Gasteiger partial charge in [0.25, 0.3) is 0 Å². The first-order valence-electron chi connectivity index (χ1n) is 7.59. The van der Waals surface area contributed by atoms with Crippen molar-refractivity contribution in [1.82, 2.24) is 15.3 Å². The maximum absolute atomic E-state index is 11.9. The van der Waals surface area contributed by atoms with Crippen molar-refractivity contribution >= 4 is 51.0 Å². The molecule has 1 amide bonds. The standard InChI is InChI=1S/C16H22ClN3O2S2/c1-8(18-15(21)22-16(3,4)5)7-10-9(2)11-12(24-10)13(23-6)20-14(17)19-11/h8H,7H2,1-6H3,(H,18,21). The average molecular weight is 388 g/mol. The Hall–Kier alpha value is -1.05. The SMILES string of the molecule is CSc1nc(Cl)nc2c(C)c(CC(C)NC(=O)OC(C)(C)C)sc12. The minimum atomic E-state index is -0.503. The zero-order valence-electron chi connectivity index (χ0n) is 14.7. The number of thioether (sulfide) groups is 1. The smallest absolute Gasteiger partial charge is 0.407 e. The zero-order valence-corrected chi connectivity index (χ0v) is 17.1. The van der Waals surface area contributed by atoms with Crippen LogP contribution in [0.1, 0.15) is 38.1 Å². The second-order valence-corrected chi connectivity index (χ2v) is 8.82. The van der Waals surface area contributed by atoms with Crippen LogP contribution in [0, 0.1) is 6.92 Å². The van der Waals surface area contributed by atoms with Gasteiger partial charge < -0.3 is 10.1 Å². The van der Waals surface area contributed by atoms with Crippen LogP contribution in [-0.4, -0.2) is 34.0 Å². The Labute approximate surface area is 155 Å². The number of hydrogen-bond acceptors (Lipinski definition) is 6. The van der Waals surface area contributed by atoms with Crippen LogP contribution in [0.5, 0.6) is 0 Å². The van der Waals surface area contributed by atoms with Crippen LogP contribution in [0.3, 0.4) is 0 Å². The van der Waals surface area contributed by atoms with E-state index in [-0.39, 0.29) is 11.3 Å². The van der Waals surface area contributed by atoms with Crippen molar-refractivity contribution in [3.63, 3.8) is 0 Å². The minimum absolute atomic E-state index is 0.0484. The molecule has 0 aromatic carbocycles. The average Bonchev–Trinajstić information content (AvgIpc) is 2.73. The normalized spacial score (nSPS) is 13.1. The molecule has 8 heteroatoms. The summed E-state index contributed by atoms with van der Waals surface area (Å²) in [6, 6.07) is -0.0484. The number of hydrogen-bond donors (Lipinski definition) is 1. The summed E-state index contributed by atoms with van der Waals surface area (Å²) < 4.78 is 6.34. The largest absolute Gasteiger partial charge is 0.444 e. The Morgan fingerprint density at radius 1 is 1.42 bits per heavy atom. The number of fused-ring (bicyclic) bond motifs is 1. The molecule has 0 saturated heterocycles. The predicted molar refractivity (Wildman–Crippen MR) is 101 cm³/mol. The Bertz CT molecular complexity index is 756. The van der Waals surface area contributed by atoms with E-state index in [1.54, 1.807) is 23.1 Å². The van der Waals surface area contributed by atoms with Crippen LogP contribution < -0.4 is 5.32 Å². The number of aromatic nitrogens is 2. The van der Waals surface area contributed by atoms with Crippen molar-refractivity contribution in [2.75, 3.05) is 6.26 Å². The molecule has 2 aromatic rings. The van der Waals surface area contributed by atoms with E-state index >= 15 is 0 Å². The fourth-order valence-electron chi connectivity index (χ4n) is 2.25. The van der Waals surface area contributed by atoms with Gasteiger partial charge in [0, 0.05) is 17.3 Å². The molecule has 2 aromatic heterocycles. The second-order valence-electron chi connectivity index (χ2n) is 6.58. The second kappa shape index (κ2) is 7.45. The summed E-state index contributed by atoms with van der Waals surface area (Å²) in [7, 11) is 0. The van der Waals surface area contributed by atoms with Crippen LogP contribution in [0.2, 0.25) is 5.28 Å². The summed E-state index contributed by atoms with van der Waals surface area (Å²) in [5, 5.41) is 4.02. The van der Waals surface area contributed by atoms with E-state index < -0.39 is 11.7 Å². The number of ether oxygens (including phenoxy) is 1.